The molecule has 1 aromatic rings. The molecule has 3 heteroatoms. The first-order valence-corrected chi connectivity index (χ1v) is 6.09. The lowest BCUT2D eigenvalue weighted by molar-refractivity contribution is 0.147. The Morgan fingerprint density at radius 2 is 2.12 bits per heavy atom. The zero-order valence-electron chi connectivity index (χ0n) is 10.1. The summed E-state index contributed by atoms with van der Waals surface area (Å²) >= 11 is 3.40. The topological polar surface area (TPSA) is 22.1 Å². The van der Waals surface area contributed by atoms with Crippen molar-refractivity contribution in [2.24, 2.45) is 0 Å². The lowest BCUT2D eigenvalue weighted by atomic mass is 9.88. The molecule has 0 fully saturated rings. The summed E-state index contributed by atoms with van der Waals surface area (Å²) in [4.78, 5) is 4.53. The molecule has 0 aromatic carbocycles. The summed E-state index contributed by atoms with van der Waals surface area (Å²) < 4.78 is 6.34. The van der Waals surface area contributed by atoms with Gasteiger partial charge in [0.2, 0.25) is 0 Å². The molecule has 2 nitrogen and oxygen atoms in total. The summed E-state index contributed by atoms with van der Waals surface area (Å²) in [7, 11) is 0. The zero-order chi connectivity index (χ0) is 12.2. The highest BCUT2D eigenvalue weighted by atomic mass is 79.9. The van der Waals surface area contributed by atoms with E-state index in [-0.39, 0.29) is 5.41 Å². The van der Waals surface area contributed by atoms with Gasteiger partial charge in [-0.3, -0.25) is 0 Å². The summed E-state index contributed by atoms with van der Waals surface area (Å²) in [6.07, 6.45) is 1.75. The Morgan fingerprint density at radius 3 is 2.69 bits per heavy atom. The van der Waals surface area contributed by atoms with Gasteiger partial charge in [0.1, 0.15) is 4.60 Å². The maximum Gasteiger partial charge on any atom is 0.106 e. The number of pyridine rings is 1. The van der Waals surface area contributed by atoms with Gasteiger partial charge in [-0.15, -0.1) is 6.58 Å². The Morgan fingerprint density at radius 1 is 1.44 bits per heavy atom. The number of hydrogen-bond acceptors (Lipinski definition) is 2. The average molecular weight is 284 g/mol. The molecule has 1 aromatic heterocycles. The molecule has 1 rings (SSSR count). The van der Waals surface area contributed by atoms with Crippen LogP contribution in [0.15, 0.2) is 29.4 Å². The fraction of sp³-hybridized carbons (Fsp3) is 0.462. The van der Waals surface area contributed by atoms with Crippen LogP contribution in [0.5, 0.6) is 0 Å². The molecular weight excluding hydrogens is 266 g/mol. The van der Waals surface area contributed by atoms with Crippen LogP contribution in [-0.4, -0.2) is 11.6 Å². The minimum Gasteiger partial charge on any atom is -0.373 e. The lowest BCUT2D eigenvalue weighted by Crippen LogP contribution is -2.17. The third-order valence-electron chi connectivity index (χ3n) is 2.15. The van der Waals surface area contributed by atoms with E-state index in [0.29, 0.717) is 13.2 Å². The first-order chi connectivity index (χ1) is 7.45. The molecule has 0 bridgehead atoms. The van der Waals surface area contributed by atoms with Gasteiger partial charge in [-0.25, -0.2) is 4.98 Å². The smallest absolute Gasteiger partial charge is 0.106 e. The van der Waals surface area contributed by atoms with E-state index in [1.807, 2.05) is 6.07 Å². The molecule has 0 unspecified atom stereocenters. The minimum absolute atomic E-state index is 0.0245. The van der Waals surface area contributed by atoms with Crippen molar-refractivity contribution in [3.63, 3.8) is 0 Å². The van der Waals surface area contributed by atoms with Crippen LogP contribution in [0.4, 0.5) is 0 Å². The minimum atomic E-state index is 0.0245. The standard InChI is InChI=1S/C13H18BrNO/c1-5-8-16-9-10-6-7-11(14)15-12(10)13(2,3)4/h5-7H,1,8-9H2,2-4H3. The van der Waals surface area contributed by atoms with Crippen molar-refractivity contribution in [3.8, 4) is 0 Å². The van der Waals surface area contributed by atoms with E-state index in [1.54, 1.807) is 6.08 Å². The normalized spacial score (nSPS) is 11.5. The molecule has 0 aliphatic heterocycles. The fourth-order valence-electron chi connectivity index (χ4n) is 1.48. The Hall–Kier alpha value is -0.670. The molecule has 0 radical (unpaired) electrons. The van der Waals surface area contributed by atoms with E-state index in [4.69, 9.17) is 4.74 Å². The highest BCUT2D eigenvalue weighted by molar-refractivity contribution is 9.10. The van der Waals surface area contributed by atoms with Gasteiger partial charge in [-0.05, 0) is 27.6 Å². The van der Waals surface area contributed by atoms with Crippen molar-refractivity contribution in [1.82, 2.24) is 4.98 Å². The van der Waals surface area contributed by atoms with Crippen LogP contribution in [-0.2, 0) is 16.8 Å². The third-order valence-corrected chi connectivity index (χ3v) is 2.59. The fourth-order valence-corrected chi connectivity index (χ4v) is 1.79. The van der Waals surface area contributed by atoms with E-state index in [2.05, 4.69) is 54.3 Å². The molecular formula is C13H18BrNO. The average Bonchev–Trinajstić information content (AvgIpc) is 2.19. The van der Waals surface area contributed by atoms with Gasteiger partial charge in [-0.2, -0.15) is 0 Å². The Balaban J connectivity index is 2.94. The Bertz CT molecular complexity index is 369. The van der Waals surface area contributed by atoms with E-state index < -0.39 is 0 Å². The number of aromatic nitrogens is 1. The van der Waals surface area contributed by atoms with Gasteiger partial charge in [-0.1, -0.05) is 32.9 Å². The molecule has 0 amide bonds. The molecule has 1 heterocycles. The van der Waals surface area contributed by atoms with Gasteiger partial charge in [0, 0.05) is 5.41 Å². The lowest BCUT2D eigenvalue weighted by Gasteiger charge is -2.21. The summed E-state index contributed by atoms with van der Waals surface area (Å²) in [5.74, 6) is 0. The second kappa shape index (κ2) is 5.60. The molecule has 0 saturated carbocycles. The van der Waals surface area contributed by atoms with Crippen molar-refractivity contribution in [2.45, 2.75) is 32.8 Å². The molecule has 16 heavy (non-hydrogen) atoms. The first kappa shape index (κ1) is 13.4. The summed E-state index contributed by atoms with van der Waals surface area (Å²) in [6.45, 7) is 11.2. The van der Waals surface area contributed by atoms with Crippen molar-refractivity contribution < 1.29 is 4.74 Å². The van der Waals surface area contributed by atoms with E-state index in [0.717, 1.165) is 15.9 Å². The van der Waals surface area contributed by atoms with Gasteiger partial charge in [0.15, 0.2) is 0 Å². The Labute approximate surface area is 106 Å². The maximum atomic E-state index is 5.47. The van der Waals surface area contributed by atoms with Crippen molar-refractivity contribution in [1.29, 1.82) is 0 Å². The van der Waals surface area contributed by atoms with Crippen molar-refractivity contribution in [3.05, 3.63) is 40.6 Å². The number of halogens is 1. The van der Waals surface area contributed by atoms with Crippen molar-refractivity contribution in [2.75, 3.05) is 6.61 Å². The Kier molecular flexibility index (Phi) is 4.69. The highest BCUT2D eigenvalue weighted by Crippen LogP contribution is 2.26. The monoisotopic (exact) mass is 283 g/mol. The van der Waals surface area contributed by atoms with Crippen LogP contribution in [0, 0.1) is 0 Å². The molecule has 0 atom stereocenters. The van der Waals surface area contributed by atoms with Gasteiger partial charge < -0.3 is 4.74 Å². The van der Waals surface area contributed by atoms with E-state index in [1.165, 1.54) is 0 Å². The second-order valence-electron chi connectivity index (χ2n) is 4.70. The molecule has 0 N–H and O–H groups in total. The summed E-state index contributed by atoms with van der Waals surface area (Å²) in [5, 5.41) is 0. The molecule has 0 saturated heterocycles. The van der Waals surface area contributed by atoms with Crippen LogP contribution in [0.2, 0.25) is 0 Å². The summed E-state index contributed by atoms with van der Waals surface area (Å²) in [5.41, 5.74) is 2.24. The SMILES string of the molecule is C=CCOCc1ccc(Br)nc1C(C)(C)C. The second-order valence-corrected chi connectivity index (χ2v) is 5.51. The molecule has 0 aliphatic rings. The van der Waals surface area contributed by atoms with Crippen LogP contribution >= 0.6 is 15.9 Å². The van der Waals surface area contributed by atoms with E-state index in [9.17, 15) is 0 Å². The van der Waals surface area contributed by atoms with Crippen LogP contribution in [0.3, 0.4) is 0 Å². The van der Waals surface area contributed by atoms with Gasteiger partial charge in [0.05, 0.1) is 18.9 Å². The predicted molar refractivity (Wildman–Crippen MR) is 70.5 cm³/mol. The predicted octanol–water partition coefficient (Wildman–Crippen LogP) is 3.84. The largest absolute Gasteiger partial charge is 0.373 e. The summed E-state index contributed by atoms with van der Waals surface area (Å²) in [6, 6.07) is 4.00. The van der Waals surface area contributed by atoms with Crippen LogP contribution < -0.4 is 0 Å². The van der Waals surface area contributed by atoms with Crippen molar-refractivity contribution >= 4 is 15.9 Å². The number of hydrogen-bond donors (Lipinski definition) is 0. The van der Waals surface area contributed by atoms with Crippen LogP contribution in [0.25, 0.3) is 0 Å². The molecule has 0 spiro atoms. The third kappa shape index (κ3) is 3.72. The quantitative estimate of drug-likeness (QED) is 0.476. The number of rotatable bonds is 4. The molecule has 88 valence electrons. The molecule has 0 aliphatic carbocycles. The van der Waals surface area contributed by atoms with E-state index >= 15 is 0 Å². The van der Waals surface area contributed by atoms with Gasteiger partial charge in [0.25, 0.3) is 0 Å². The van der Waals surface area contributed by atoms with Gasteiger partial charge >= 0.3 is 0 Å². The maximum absolute atomic E-state index is 5.47. The van der Waals surface area contributed by atoms with Crippen LogP contribution in [0.1, 0.15) is 32.0 Å². The first-order valence-electron chi connectivity index (χ1n) is 5.29. The highest BCUT2D eigenvalue weighted by Gasteiger charge is 2.19. The number of nitrogens with zero attached hydrogens (tertiary/aromatic N) is 1. The zero-order valence-corrected chi connectivity index (χ0v) is 11.7. The number of ether oxygens (including phenoxy) is 1.